The Bertz CT molecular complexity index is 462. The first-order valence-electron chi connectivity index (χ1n) is 5.98. The number of para-hydroxylation sites is 2. The number of benzene rings is 1. The van der Waals surface area contributed by atoms with Gasteiger partial charge < -0.3 is 19.5 Å². The van der Waals surface area contributed by atoms with Crippen molar-refractivity contribution in [1.29, 1.82) is 0 Å². The number of nitrogens with one attached hydrogen (secondary N) is 1. The van der Waals surface area contributed by atoms with Crippen LogP contribution in [0.5, 0.6) is 11.5 Å². The first kappa shape index (κ1) is 16.3. The molecule has 1 saturated heterocycles. The van der Waals surface area contributed by atoms with Gasteiger partial charge in [-0.2, -0.15) is 0 Å². The Labute approximate surface area is 120 Å². The summed E-state index contributed by atoms with van der Waals surface area (Å²) in [6, 6.07) is 7.34. The van der Waals surface area contributed by atoms with E-state index < -0.39 is 16.9 Å². The molecule has 0 radical (unpaired) electrons. The van der Waals surface area contributed by atoms with Gasteiger partial charge in [0.15, 0.2) is 17.6 Å². The van der Waals surface area contributed by atoms with Crippen molar-refractivity contribution in [2.75, 3.05) is 32.8 Å². The summed E-state index contributed by atoms with van der Waals surface area (Å²) >= 11 is 0. The van der Waals surface area contributed by atoms with Crippen LogP contribution in [0.25, 0.3) is 0 Å². The number of alkyl carbamates (subject to hydrolysis) is 1. The predicted octanol–water partition coefficient (Wildman–Crippen LogP) is 1.18. The molecule has 1 N–H and O–H groups in total. The van der Waals surface area contributed by atoms with Crippen molar-refractivity contribution in [2.24, 2.45) is 0 Å². The molecule has 1 atom stereocenters. The van der Waals surface area contributed by atoms with Crippen LogP contribution in [0.15, 0.2) is 24.3 Å². The Morgan fingerprint density at radius 3 is 2.45 bits per heavy atom. The molecule has 1 unspecified atom stereocenters. The number of hydrogen-bond donors (Lipinski definition) is 1. The second-order valence-electron chi connectivity index (χ2n) is 4.11. The van der Waals surface area contributed by atoms with Gasteiger partial charge in [-0.05, 0) is 12.1 Å². The molecule has 1 aromatic carbocycles. The number of carbonyl (C=O) groups is 1. The summed E-state index contributed by atoms with van der Waals surface area (Å²) in [4.78, 5) is 10.8. The maximum atomic E-state index is 10.8. The van der Waals surface area contributed by atoms with E-state index in [1.807, 2.05) is 24.3 Å². The Balaban J connectivity index is 0.000000444. The van der Waals surface area contributed by atoms with Gasteiger partial charge in [-0.15, -0.1) is 0 Å². The molecule has 0 aromatic heterocycles. The molecule has 0 bridgehead atoms. The maximum Gasteiger partial charge on any atom is 0.407 e. The van der Waals surface area contributed by atoms with E-state index in [0.717, 1.165) is 0 Å². The number of methoxy groups -OCH3 is 1. The second-order valence-corrected chi connectivity index (χ2v) is 5.59. The maximum absolute atomic E-state index is 10.8. The van der Waals surface area contributed by atoms with E-state index in [0.29, 0.717) is 24.7 Å². The largest absolute Gasteiger partial charge is 0.493 e. The Morgan fingerprint density at radius 2 is 1.95 bits per heavy atom. The highest BCUT2D eigenvalue weighted by molar-refractivity contribution is 7.83. The standard InChI is InChI=1S/C11H13NO4.C2H6OS/c1-14-9-4-2-3-5-10(9)15-7-8-6-12-11(13)16-8;1-4(2)3/h2-5,8H,6-7H2,1H3,(H,12,13);1-2H3. The van der Waals surface area contributed by atoms with Crippen molar-refractivity contribution in [2.45, 2.75) is 6.10 Å². The van der Waals surface area contributed by atoms with Crippen LogP contribution < -0.4 is 14.8 Å². The third-order valence-electron chi connectivity index (χ3n) is 2.24. The zero-order valence-electron chi connectivity index (χ0n) is 11.8. The number of hydrogen-bond acceptors (Lipinski definition) is 5. The quantitative estimate of drug-likeness (QED) is 0.904. The zero-order valence-corrected chi connectivity index (χ0v) is 12.6. The van der Waals surface area contributed by atoms with Crippen LogP contribution in [-0.2, 0) is 15.5 Å². The van der Waals surface area contributed by atoms with Gasteiger partial charge in [0, 0.05) is 23.3 Å². The van der Waals surface area contributed by atoms with Crippen molar-refractivity contribution in [3.8, 4) is 11.5 Å². The topological polar surface area (TPSA) is 73.9 Å². The number of cyclic esters (lactones) is 1. The fraction of sp³-hybridized carbons (Fsp3) is 0.462. The molecule has 1 aliphatic rings. The molecule has 20 heavy (non-hydrogen) atoms. The highest BCUT2D eigenvalue weighted by Crippen LogP contribution is 2.26. The molecule has 112 valence electrons. The highest BCUT2D eigenvalue weighted by atomic mass is 32.2. The van der Waals surface area contributed by atoms with E-state index in [2.05, 4.69) is 5.32 Å². The summed E-state index contributed by atoms with van der Waals surface area (Å²) in [6.07, 6.45) is 2.64. The fourth-order valence-corrected chi connectivity index (χ4v) is 1.45. The van der Waals surface area contributed by atoms with Gasteiger partial charge in [0.25, 0.3) is 0 Å². The first-order valence-corrected chi connectivity index (χ1v) is 7.95. The smallest absolute Gasteiger partial charge is 0.407 e. The minimum Gasteiger partial charge on any atom is -0.493 e. The van der Waals surface area contributed by atoms with E-state index in [-0.39, 0.29) is 6.10 Å². The van der Waals surface area contributed by atoms with Crippen LogP contribution in [0.4, 0.5) is 4.79 Å². The van der Waals surface area contributed by atoms with Crippen LogP contribution in [0, 0.1) is 0 Å². The van der Waals surface area contributed by atoms with Crippen molar-refractivity contribution in [1.82, 2.24) is 5.32 Å². The molecule has 0 aliphatic carbocycles. The van der Waals surface area contributed by atoms with Crippen molar-refractivity contribution in [3.05, 3.63) is 24.3 Å². The summed E-state index contributed by atoms with van der Waals surface area (Å²) in [5, 5.41) is 2.56. The molecule has 1 fully saturated rings. The molecular weight excluding hydrogens is 282 g/mol. The van der Waals surface area contributed by atoms with Crippen molar-refractivity contribution in [3.63, 3.8) is 0 Å². The van der Waals surface area contributed by atoms with E-state index in [1.54, 1.807) is 19.6 Å². The second kappa shape index (κ2) is 8.42. The van der Waals surface area contributed by atoms with E-state index in [1.165, 1.54) is 0 Å². The van der Waals surface area contributed by atoms with Gasteiger partial charge in [-0.1, -0.05) is 12.1 Å². The normalized spacial score (nSPS) is 16.8. The van der Waals surface area contributed by atoms with Gasteiger partial charge in [0.05, 0.1) is 13.7 Å². The number of ether oxygens (including phenoxy) is 3. The molecule has 1 heterocycles. The fourth-order valence-electron chi connectivity index (χ4n) is 1.45. The lowest BCUT2D eigenvalue weighted by Gasteiger charge is -2.12. The molecule has 1 aliphatic heterocycles. The minimum absolute atomic E-state index is 0.239. The van der Waals surface area contributed by atoms with E-state index in [4.69, 9.17) is 14.2 Å². The third-order valence-corrected chi connectivity index (χ3v) is 2.24. The number of carbonyl (C=O) groups excluding carboxylic acids is 1. The van der Waals surface area contributed by atoms with Gasteiger partial charge in [-0.3, -0.25) is 4.21 Å². The molecule has 7 heteroatoms. The average molecular weight is 301 g/mol. The number of amides is 1. The van der Waals surface area contributed by atoms with Crippen LogP contribution in [-0.4, -0.2) is 49.2 Å². The molecular formula is C13H19NO5S. The van der Waals surface area contributed by atoms with Crippen LogP contribution >= 0.6 is 0 Å². The summed E-state index contributed by atoms with van der Waals surface area (Å²) in [5.74, 6) is 1.31. The first-order chi connectivity index (χ1) is 9.52. The Hall–Kier alpha value is -1.76. The molecule has 2 rings (SSSR count). The lowest BCUT2D eigenvalue weighted by atomic mass is 10.3. The van der Waals surface area contributed by atoms with E-state index >= 15 is 0 Å². The van der Waals surface area contributed by atoms with Gasteiger partial charge in [0.1, 0.15) is 6.61 Å². The summed E-state index contributed by atoms with van der Waals surface area (Å²) in [6.45, 7) is 0.799. The molecule has 0 spiro atoms. The SMILES string of the molecule is COc1ccccc1OCC1CNC(=O)O1.CS(C)=O. The summed E-state index contributed by atoms with van der Waals surface area (Å²) < 4.78 is 25.1. The highest BCUT2D eigenvalue weighted by Gasteiger charge is 2.23. The molecule has 1 amide bonds. The Morgan fingerprint density at radius 1 is 1.35 bits per heavy atom. The van der Waals surface area contributed by atoms with Crippen molar-refractivity contribution < 1.29 is 23.2 Å². The van der Waals surface area contributed by atoms with Crippen LogP contribution in [0.2, 0.25) is 0 Å². The average Bonchev–Trinajstić information content (AvgIpc) is 2.82. The molecule has 6 nitrogen and oxygen atoms in total. The lowest BCUT2D eigenvalue weighted by Crippen LogP contribution is -2.22. The number of rotatable bonds is 4. The van der Waals surface area contributed by atoms with Crippen molar-refractivity contribution >= 4 is 16.9 Å². The molecule has 0 saturated carbocycles. The summed E-state index contributed by atoms with van der Waals surface area (Å²) in [5.41, 5.74) is 0. The summed E-state index contributed by atoms with van der Waals surface area (Å²) in [7, 11) is 0.972. The monoisotopic (exact) mass is 301 g/mol. The molecule has 1 aromatic rings. The van der Waals surface area contributed by atoms with Gasteiger partial charge in [-0.25, -0.2) is 4.79 Å². The van der Waals surface area contributed by atoms with Gasteiger partial charge in [0.2, 0.25) is 0 Å². The lowest BCUT2D eigenvalue weighted by molar-refractivity contribution is 0.103. The zero-order chi connectivity index (χ0) is 15.0. The van der Waals surface area contributed by atoms with E-state index in [9.17, 15) is 9.00 Å². The Kier molecular flexibility index (Phi) is 6.86. The third kappa shape index (κ3) is 5.92. The van der Waals surface area contributed by atoms with Crippen LogP contribution in [0.1, 0.15) is 0 Å². The predicted molar refractivity (Wildman–Crippen MR) is 76.8 cm³/mol. The van der Waals surface area contributed by atoms with Crippen LogP contribution in [0.3, 0.4) is 0 Å². The minimum atomic E-state index is -0.611. The van der Waals surface area contributed by atoms with Gasteiger partial charge >= 0.3 is 6.09 Å².